The van der Waals surface area contributed by atoms with E-state index < -0.39 is 10.0 Å². The highest BCUT2D eigenvalue weighted by Crippen LogP contribution is 2.34. The Hall–Kier alpha value is -2.42. The topological polar surface area (TPSA) is 87.7 Å². The number of hydrogen-bond acceptors (Lipinski definition) is 5. The van der Waals surface area contributed by atoms with Gasteiger partial charge in [0, 0.05) is 36.4 Å². The van der Waals surface area contributed by atoms with Crippen LogP contribution in [0.1, 0.15) is 53.6 Å². The number of benzene rings is 2. The van der Waals surface area contributed by atoms with E-state index in [0.29, 0.717) is 23.4 Å². The molecule has 2 fully saturated rings. The number of amides is 1. The van der Waals surface area contributed by atoms with Crippen LogP contribution in [0, 0.1) is 13.8 Å². The Bertz CT molecular complexity index is 1100. The van der Waals surface area contributed by atoms with Gasteiger partial charge < -0.3 is 10.1 Å². The highest BCUT2D eigenvalue weighted by atomic mass is 32.2. The molecule has 1 saturated heterocycles. The summed E-state index contributed by atoms with van der Waals surface area (Å²) in [5, 5.41) is 3.15. The minimum atomic E-state index is -3.71. The van der Waals surface area contributed by atoms with E-state index in [9.17, 15) is 13.2 Å². The second-order valence-corrected chi connectivity index (χ2v) is 11.2. The molecule has 1 aliphatic heterocycles. The second kappa shape index (κ2) is 10.5. The van der Waals surface area contributed by atoms with Crippen LogP contribution in [0.15, 0.2) is 47.4 Å². The van der Waals surface area contributed by atoms with E-state index in [1.165, 1.54) is 19.3 Å². The van der Waals surface area contributed by atoms with Gasteiger partial charge in [-0.25, -0.2) is 8.42 Å². The zero-order valence-electron chi connectivity index (χ0n) is 20.1. The normalized spacial score (nSPS) is 18.9. The summed E-state index contributed by atoms with van der Waals surface area (Å²) in [5.41, 5.74) is 2.51. The third-order valence-corrected chi connectivity index (χ3v) is 8.60. The molecule has 2 aliphatic rings. The minimum Gasteiger partial charge on any atom is -0.379 e. The van der Waals surface area contributed by atoms with Gasteiger partial charge >= 0.3 is 0 Å². The molecule has 4 rings (SSSR count). The van der Waals surface area contributed by atoms with Gasteiger partial charge in [-0.2, -0.15) is 0 Å². The molecule has 7 nitrogen and oxygen atoms in total. The molecular formula is C26H35N3O4S. The first-order chi connectivity index (χ1) is 16.3. The molecule has 2 aromatic rings. The maximum Gasteiger partial charge on any atom is 0.262 e. The van der Waals surface area contributed by atoms with Crippen LogP contribution in [-0.4, -0.2) is 57.6 Å². The number of carbonyl (C=O) groups is 1. The largest absolute Gasteiger partial charge is 0.379 e. The molecule has 8 heteroatoms. The number of morpholine rings is 1. The molecule has 1 aliphatic carbocycles. The van der Waals surface area contributed by atoms with Gasteiger partial charge in [-0.15, -0.1) is 0 Å². The molecule has 1 heterocycles. The molecule has 184 valence electrons. The predicted octanol–water partition coefficient (Wildman–Crippen LogP) is 3.87. The molecule has 0 radical (unpaired) electrons. The third kappa shape index (κ3) is 5.62. The van der Waals surface area contributed by atoms with Crippen LogP contribution in [0.3, 0.4) is 0 Å². The Morgan fingerprint density at radius 1 is 1.00 bits per heavy atom. The molecule has 1 amide bonds. The zero-order valence-corrected chi connectivity index (χ0v) is 20.9. The van der Waals surface area contributed by atoms with Crippen molar-refractivity contribution >= 4 is 21.6 Å². The lowest BCUT2D eigenvalue weighted by atomic mass is 9.79. The monoisotopic (exact) mass is 485 g/mol. The lowest BCUT2D eigenvalue weighted by molar-refractivity contribution is -0.0361. The lowest BCUT2D eigenvalue weighted by Gasteiger charge is -2.48. The first kappa shape index (κ1) is 24.7. The van der Waals surface area contributed by atoms with Crippen molar-refractivity contribution in [2.45, 2.75) is 56.4 Å². The van der Waals surface area contributed by atoms with Gasteiger partial charge in [0.25, 0.3) is 15.9 Å². The third-order valence-electron chi connectivity index (χ3n) is 7.08. The lowest BCUT2D eigenvalue weighted by Crippen LogP contribution is -2.59. The van der Waals surface area contributed by atoms with Crippen LogP contribution in [0.4, 0.5) is 5.69 Å². The summed E-state index contributed by atoms with van der Waals surface area (Å²) < 4.78 is 33.9. The van der Waals surface area contributed by atoms with Crippen LogP contribution in [0.25, 0.3) is 0 Å². The molecule has 0 unspecified atom stereocenters. The van der Waals surface area contributed by atoms with Crippen molar-refractivity contribution in [1.82, 2.24) is 10.2 Å². The molecule has 0 spiro atoms. The summed E-state index contributed by atoms with van der Waals surface area (Å²) in [7, 11) is -3.71. The van der Waals surface area contributed by atoms with Crippen molar-refractivity contribution in [1.29, 1.82) is 0 Å². The van der Waals surface area contributed by atoms with Crippen molar-refractivity contribution in [2.75, 3.05) is 37.6 Å². The van der Waals surface area contributed by atoms with Crippen LogP contribution < -0.4 is 10.0 Å². The smallest absolute Gasteiger partial charge is 0.262 e. The second-order valence-electron chi connectivity index (χ2n) is 9.52. The van der Waals surface area contributed by atoms with Gasteiger partial charge in [-0.1, -0.05) is 31.4 Å². The number of carbonyl (C=O) groups excluding carboxylic acids is 1. The van der Waals surface area contributed by atoms with E-state index in [1.54, 1.807) is 43.3 Å². The number of anilines is 1. The van der Waals surface area contributed by atoms with Crippen LogP contribution in [0.5, 0.6) is 0 Å². The van der Waals surface area contributed by atoms with E-state index in [4.69, 9.17) is 4.74 Å². The molecule has 34 heavy (non-hydrogen) atoms. The van der Waals surface area contributed by atoms with E-state index >= 15 is 0 Å². The molecule has 0 atom stereocenters. The molecule has 0 bridgehead atoms. The predicted molar refractivity (Wildman–Crippen MR) is 134 cm³/mol. The summed E-state index contributed by atoms with van der Waals surface area (Å²) in [4.78, 5) is 15.7. The highest BCUT2D eigenvalue weighted by Gasteiger charge is 2.38. The standard InChI is InChI=1S/C26H35N3O4S/c1-20-6-7-21(2)24(18-20)34(31,32)28-23-10-8-22(9-11-23)25(30)27-19-26(12-4-3-5-13-26)29-14-16-33-17-15-29/h6-11,18,28H,3-5,12-17,19H2,1-2H3,(H,27,30). The summed E-state index contributed by atoms with van der Waals surface area (Å²) in [6.07, 6.45) is 5.79. The maximum absolute atomic E-state index is 12.9. The molecule has 0 aromatic heterocycles. The van der Waals surface area contributed by atoms with Crippen molar-refractivity contribution in [3.05, 3.63) is 59.2 Å². The van der Waals surface area contributed by atoms with Gasteiger partial charge in [0.2, 0.25) is 0 Å². The van der Waals surface area contributed by atoms with Crippen molar-refractivity contribution in [2.24, 2.45) is 0 Å². The van der Waals surface area contributed by atoms with Gasteiger partial charge in [0.05, 0.1) is 18.1 Å². The van der Waals surface area contributed by atoms with E-state index in [0.717, 1.165) is 44.7 Å². The van der Waals surface area contributed by atoms with Crippen LogP contribution in [0.2, 0.25) is 0 Å². The fraction of sp³-hybridized carbons (Fsp3) is 0.500. The van der Waals surface area contributed by atoms with Crippen molar-refractivity contribution in [3.8, 4) is 0 Å². The highest BCUT2D eigenvalue weighted by molar-refractivity contribution is 7.92. The number of rotatable bonds is 7. The van der Waals surface area contributed by atoms with Gasteiger partial charge in [0.1, 0.15) is 0 Å². The first-order valence-electron chi connectivity index (χ1n) is 12.1. The number of hydrogen-bond donors (Lipinski definition) is 2. The summed E-state index contributed by atoms with van der Waals surface area (Å²) in [6.45, 7) is 7.56. The summed E-state index contributed by atoms with van der Waals surface area (Å²) >= 11 is 0. The number of aryl methyl sites for hydroxylation is 2. The van der Waals surface area contributed by atoms with E-state index in [2.05, 4.69) is 14.9 Å². The Balaban J connectivity index is 1.41. The van der Waals surface area contributed by atoms with Crippen molar-refractivity contribution < 1.29 is 17.9 Å². The molecule has 2 N–H and O–H groups in total. The van der Waals surface area contributed by atoms with Gasteiger partial charge in [-0.05, 0) is 68.1 Å². The minimum absolute atomic E-state index is 0.00105. The maximum atomic E-state index is 12.9. The van der Waals surface area contributed by atoms with Gasteiger partial charge in [-0.3, -0.25) is 14.4 Å². The molecular weight excluding hydrogens is 450 g/mol. The average molecular weight is 486 g/mol. The Morgan fingerprint density at radius 3 is 2.35 bits per heavy atom. The summed E-state index contributed by atoms with van der Waals surface area (Å²) in [6, 6.07) is 11.9. The Labute approximate surface area is 202 Å². The average Bonchev–Trinajstić information content (AvgIpc) is 2.85. The van der Waals surface area contributed by atoms with E-state index in [1.807, 2.05) is 13.0 Å². The van der Waals surface area contributed by atoms with Crippen LogP contribution in [-0.2, 0) is 14.8 Å². The zero-order chi connectivity index (χ0) is 24.2. The SMILES string of the molecule is Cc1ccc(C)c(S(=O)(=O)Nc2ccc(C(=O)NCC3(N4CCOCC4)CCCCC3)cc2)c1. The Morgan fingerprint density at radius 2 is 1.68 bits per heavy atom. The molecule has 1 saturated carbocycles. The van der Waals surface area contributed by atoms with Crippen LogP contribution >= 0.6 is 0 Å². The summed E-state index contributed by atoms with van der Waals surface area (Å²) in [5.74, 6) is -0.137. The quantitative estimate of drug-likeness (QED) is 0.622. The Kier molecular flexibility index (Phi) is 7.60. The molecule has 2 aromatic carbocycles. The van der Waals surface area contributed by atoms with E-state index in [-0.39, 0.29) is 16.3 Å². The number of ether oxygens (including phenoxy) is 1. The fourth-order valence-corrected chi connectivity index (χ4v) is 6.49. The van der Waals surface area contributed by atoms with Crippen molar-refractivity contribution in [3.63, 3.8) is 0 Å². The first-order valence-corrected chi connectivity index (χ1v) is 13.6. The fourth-order valence-electron chi connectivity index (χ4n) is 5.10. The number of sulfonamides is 1. The number of nitrogens with zero attached hydrogens (tertiary/aromatic N) is 1. The van der Waals surface area contributed by atoms with Gasteiger partial charge in [0.15, 0.2) is 0 Å². The number of nitrogens with one attached hydrogen (secondary N) is 2.